The van der Waals surface area contributed by atoms with E-state index in [4.69, 9.17) is 0 Å². The molecule has 0 amide bonds. The van der Waals surface area contributed by atoms with E-state index in [0.29, 0.717) is 11.9 Å². The van der Waals surface area contributed by atoms with E-state index in [-0.39, 0.29) is 0 Å². The van der Waals surface area contributed by atoms with Gasteiger partial charge in [0.2, 0.25) is 5.95 Å². The molecule has 0 spiro atoms. The maximum Gasteiger partial charge on any atom is 0.226 e. The van der Waals surface area contributed by atoms with Crippen molar-refractivity contribution >= 4 is 22.9 Å². The molecule has 0 aromatic carbocycles. The molecular formula is C14H22N6. The molecule has 0 radical (unpaired) electrons. The molecule has 1 fully saturated rings. The second-order valence-corrected chi connectivity index (χ2v) is 5.74. The Hall–Kier alpha value is -1.85. The van der Waals surface area contributed by atoms with Crippen LogP contribution in [0.3, 0.4) is 0 Å². The fourth-order valence-corrected chi connectivity index (χ4v) is 2.81. The summed E-state index contributed by atoms with van der Waals surface area (Å²) in [5, 5.41) is 3.18. The van der Waals surface area contributed by atoms with Crippen LogP contribution in [0.25, 0.3) is 11.2 Å². The SMILES string of the molecule is CCNc1nc(N2CCC(C(C)C)C2)c2[nH]cnc2n1. The van der Waals surface area contributed by atoms with Gasteiger partial charge in [-0.25, -0.2) is 4.98 Å². The smallest absolute Gasteiger partial charge is 0.226 e. The molecule has 0 saturated carbocycles. The fourth-order valence-electron chi connectivity index (χ4n) is 2.81. The van der Waals surface area contributed by atoms with Gasteiger partial charge in [0.25, 0.3) is 0 Å². The Morgan fingerprint density at radius 1 is 1.45 bits per heavy atom. The fraction of sp³-hybridized carbons (Fsp3) is 0.643. The molecule has 0 aliphatic carbocycles. The molecule has 3 heterocycles. The van der Waals surface area contributed by atoms with Gasteiger partial charge in [0.05, 0.1) is 6.33 Å². The van der Waals surface area contributed by atoms with Crippen molar-refractivity contribution in [3.63, 3.8) is 0 Å². The van der Waals surface area contributed by atoms with Crippen molar-refractivity contribution in [3.8, 4) is 0 Å². The van der Waals surface area contributed by atoms with E-state index < -0.39 is 0 Å². The summed E-state index contributed by atoms with van der Waals surface area (Å²) in [7, 11) is 0. The van der Waals surface area contributed by atoms with Crippen LogP contribution in [-0.4, -0.2) is 39.6 Å². The molecule has 1 atom stereocenters. The average Bonchev–Trinajstić information content (AvgIpc) is 3.07. The molecule has 0 bridgehead atoms. The number of hydrogen-bond donors (Lipinski definition) is 2. The van der Waals surface area contributed by atoms with Gasteiger partial charge >= 0.3 is 0 Å². The summed E-state index contributed by atoms with van der Waals surface area (Å²) in [5.74, 6) is 3.10. The highest BCUT2D eigenvalue weighted by molar-refractivity contribution is 5.84. The Labute approximate surface area is 119 Å². The predicted molar refractivity (Wildman–Crippen MR) is 81.0 cm³/mol. The van der Waals surface area contributed by atoms with Crippen molar-refractivity contribution in [1.82, 2.24) is 19.9 Å². The number of imidazole rings is 1. The molecule has 2 N–H and O–H groups in total. The number of rotatable bonds is 4. The lowest BCUT2D eigenvalue weighted by molar-refractivity contribution is 0.422. The summed E-state index contributed by atoms with van der Waals surface area (Å²) < 4.78 is 0. The minimum Gasteiger partial charge on any atom is -0.354 e. The standard InChI is InChI=1S/C14H22N6/c1-4-15-14-18-12-11(16-8-17-12)13(19-14)20-6-5-10(7-20)9(2)3/h8-10H,4-7H2,1-3H3,(H2,15,16,17,18,19). The minimum atomic E-state index is 0.662. The number of fused-ring (bicyclic) bond motifs is 1. The van der Waals surface area contributed by atoms with E-state index in [0.717, 1.165) is 42.5 Å². The zero-order valence-corrected chi connectivity index (χ0v) is 12.3. The monoisotopic (exact) mass is 274 g/mol. The molecule has 20 heavy (non-hydrogen) atoms. The number of nitrogens with zero attached hydrogens (tertiary/aromatic N) is 4. The van der Waals surface area contributed by atoms with Gasteiger partial charge < -0.3 is 15.2 Å². The van der Waals surface area contributed by atoms with Crippen LogP contribution >= 0.6 is 0 Å². The number of anilines is 2. The topological polar surface area (TPSA) is 69.7 Å². The van der Waals surface area contributed by atoms with Gasteiger partial charge in [-0.15, -0.1) is 0 Å². The summed E-state index contributed by atoms with van der Waals surface area (Å²) in [4.78, 5) is 18.9. The van der Waals surface area contributed by atoms with Crippen LogP contribution in [0.15, 0.2) is 6.33 Å². The van der Waals surface area contributed by atoms with E-state index in [1.807, 2.05) is 6.92 Å². The highest BCUT2D eigenvalue weighted by atomic mass is 15.3. The third-order valence-corrected chi connectivity index (χ3v) is 4.07. The first-order chi connectivity index (χ1) is 9.69. The molecule has 1 aliphatic rings. The van der Waals surface area contributed by atoms with E-state index in [9.17, 15) is 0 Å². The van der Waals surface area contributed by atoms with E-state index in [1.165, 1.54) is 6.42 Å². The van der Waals surface area contributed by atoms with Crippen molar-refractivity contribution in [1.29, 1.82) is 0 Å². The second-order valence-electron chi connectivity index (χ2n) is 5.74. The first kappa shape index (κ1) is 13.1. The van der Waals surface area contributed by atoms with Gasteiger partial charge in [-0.3, -0.25) is 0 Å². The molecule has 1 aliphatic heterocycles. The summed E-state index contributed by atoms with van der Waals surface area (Å²) in [6.45, 7) is 9.56. The zero-order chi connectivity index (χ0) is 14.1. The van der Waals surface area contributed by atoms with E-state index in [1.54, 1.807) is 6.33 Å². The van der Waals surface area contributed by atoms with Crippen LogP contribution in [0, 0.1) is 11.8 Å². The predicted octanol–water partition coefficient (Wildman–Crippen LogP) is 2.27. The maximum absolute atomic E-state index is 4.67. The Morgan fingerprint density at radius 2 is 2.30 bits per heavy atom. The molecule has 2 aromatic rings. The molecule has 2 aromatic heterocycles. The van der Waals surface area contributed by atoms with E-state index >= 15 is 0 Å². The van der Waals surface area contributed by atoms with Gasteiger partial charge in [0.1, 0.15) is 5.52 Å². The highest BCUT2D eigenvalue weighted by Gasteiger charge is 2.27. The molecule has 1 unspecified atom stereocenters. The summed E-state index contributed by atoms with van der Waals surface area (Å²) >= 11 is 0. The minimum absolute atomic E-state index is 0.662. The third kappa shape index (κ3) is 2.30. The van der Waals surface area contributed by atoms with Crippen molar-refractivity contribution in [2.45, 2.75) is 27.2 Å². The largest absolute Gasteiger partial charge is 0.354 e. The van der Waals surface area contributed by atoms with Crippen LogP contribution in [-0.2, 0) is 0 Å². The maximum atomic E-state index is 4.67. The quantitative estimate of drug-likeness (QED) is 0.895. The lowest BCUT2D eigenvalue weighted by atomic mass is 9.95. The van der Waals surface area contributed by atoms with Crippen molar-refractivity contribution in [2.24, 2.45) is 11.8 Å². The van der Waals surface area contributed by atoms with E-state index in [2.05, 4.69) is 44.0 Å². The van der Waals surface area contributed by atoms with Crippen LogP contribution < -0.4 is 10.2 Å². The van der Waals surface area contributed by atoms with Gasteiger partial charge in [0, 0.05) is 19.6 Å². The lowest BCUT2D eigenvalue weighted by Crippen LogP contribution is -2.23. The second kappa shape index (κ2) is 5.26. The Bertz CT molecular complexity index is 590. The van der Waals surface area contributed by atoms with Crippen LogP contribution in [0.2, 0.25) is 0 Å². The van der Waals surface area contributed by atoms with Gasteiger partial charge in [-0.1, -0.05) is 13.8 Å². The van der Waals surface area contributed by atoms with Crippen LogP contribution in [0.1, 0.15) is 27.2 Å². The summed E-state index contributed by atoms with van der Waals surface area (Å²) in [5.41, 5.74) is 1.68. The Morgan fingerprint density at radius 3 is 3.00 bits per heavy atom. The number of nitrogens with one attached hydrogen (secondary N) is 2. The van der Waals surface area contributed by atoms with Gasteiger partial charge in [0.15, 0.2) is 11.5 Å². The number of aromatic amines is 1. The van der Waals surface area contributed by atoms with Gasteiger partial charge in [-0.05, 0) is 25.2 Å². The lowest BCUT2D eigenvalue weighted by Gasteiger charge is -2.20. The molecule has 108 valence electrons. The van der Waals surface area contributed by atoms with Crippen molar-refractivity contribution < 1.29 is 0 Å². The number of hydrogen-bond acceptors (Lipinski definition) is 5. The first-order valence-electron chi connectivity index (χ1n) is 7.39. The van der Waals surface area contributed by atoms with Crippen molar-refractivity contribution in [2.75, 3.05) is 29.9 Å². The number of H-pyrrole nitrogens is 1. The average molecular weight is 274 g/mol. The first-order valence-corrected chi connectivity index (χ1v) is 7.39. The van der Waals surface area contributed by atoms with Gasteiger partial charge in [-0.2, -0.15) is 9.97 Å². The van der Waals surface area contributed by atoms with Crippen molar-refractivity contribution in [3.05, 3.63) is 6.33 Å². The Kier molecular flexibility index (Phi) is 3.46. The molecule has 6 nitrogen and oxygen atoms in total. The summed E-state index contributed by atoms with van der Waals surface area (Å²) in [6, 6.07) is 0. The molecular weight excluding hydrogens is 252 g/mol. The molecule has 6 heteroatoms. The number of aromatic nitrogens is 4. The molecule has 1 saturated heterocycles. The normalized spacial score (nSPS) is 19.2. The highest BCUT2D eigenvalue weighted by Crippen LogP contribution is 2.30. The Balaban J connectivity index is 1.95. The summed E-state index contributed by atoms with van der Waals surface area (Å²) in [6.07, 6.45) is 2.92. The zero-order valence-electron chi connectivity index (χ0n) is 12.3. The van der Waals surface area contributed by atoms with Crippen LogP contribution in [0.5, 0.6) is 0 Å². The third-order valence-electron chi connectivity index (χ3n) is 4.07. The molecule has 3 rings (SSSR count). The van der Waals surface area contributed by atoms with Crippen LogP contribution in [0.4, 0.5) is 11.8 Å².